The van der Waals surface area contributed by atoms with Crippen LogP contribution >= 0.6 is 0 Å². The fourth-order valence-electron chi connectivity index (χ4n) is 9.06. The Kier molecular flexibility index (Phi) is 8.13. The minimum absolute atomic E-state index is 0.620. The zero-order chi connectivity index (χ0) is 40.3. The number of anilines is 3. The van der Waals surface area contributed by atoms with Gasteiger partial charge in [-0.15, -0.1) is 0 Å². The van der Waals surface area contributed by atoms with E-state index in [-0.39, 0.29) is 0 Å². The predicted octanol–water partition coefficient (Wildman–Crippen LogP) is 15.7. The first kappa shape index (κ1) is 34.8. The summed E-state index contributed by atoms with van der Waals surface area (Å²) >= 11 is 0. The van der Waals surface area contributed by atoms with Crippen molar-refractivity contribution in [1.29, 1.82) is 0 Å². The largest absolute Gasteiger partial charge is 0.435 e. The van der Waals surface area contributed by atoms with Crippen molar-refractivity contribution in [2.75, 3.05) is 4.90 Å². The van der Waals surface area contributed by atoms with Crippen molar-refractivity contribution in [3.05, 3.63) is 224 Å². The topological polar surface area (TPSA) is 34.2 Å². The molecule has 286 valence electrons. The summed E-state index contributed by atoms with van der Waals surface area (Å²) in [6.07, 6.45) is 0. The molecule has 4 nitrogen and oxygen atoms in total. The Morgan fingerprint density at radius 1 is 0.393 bits per heavy atom. The van der Waals surface area contributed by atoms with E-state index in [9.17, 15) is 0 Å². The lowest BCUT2D eigenvalue weighted by atomic mass is 10.0. The van der Waals surface area contributed by atoms with Gasteiger partial charge in [0.05, 0.1) is 11.0 Å². The van der Waals surface area contributed by atoms with Crippen LogP contribution in [0.3, 0.4) is 0 Å². The third kappa shape index (κ3) is 5.96. The molecule has 2 heterocycles. The first-order chi connectivity index (χ1) is 30.2. The highest BCUT2D eigenvalue weighted by Gasteiger charge is 2.20. The fourth-order valence-corrected chi connectivity index (χ4v) is 9.06. The summed E-state index contributed by atoms with van der Waals surface area (Å²) < 4.78 is 8.84. The first-order valence-corrected chi connectivity index (χ1v) is 20.7. The molecule has 2 aromatic heterocycles. The normalized spacial score (nSPS) is 11.6. The van der Waals surface area contributed by atoms with E-state index in [0.717, 1.165) is 50.5 Å². The van der Waals surface area contributed by atoms with E-state index in [1.165, 1.54) is 54.5 Å². The highest BCUT2D eigenvalue weighted by atomic mass is 16.3. The van der Waals surface area contributed by atoms with E-state index in [0.29, 0.717) is 5.89 Å². The van der Waals surface area contributed by atoms with Crippen molar-refractivity contribution in [2.24, 2.45) is 0 Å². The van der Waals surface area contributed by atoms with E-state index in [1.54, 1.807) is 0 Å². The Hall–Kier alpha value is -8.21. The van der Waals surface area contributed by atoms with Gasteiger partial charge >= 0.3 is 0 Å². The van der Waals surface area contributed by atoms with Crippen LogP contribution in [0.4, 0.5) is 17.1 Å². The molecule has 12 aromatic rings. The van der Waals surface area contributed by atoms with Gasteiger partial charge in [-0.05, 0) is 123 Å². The minimum Gasteiger partial charge on any atom is -0.435 e. The molecule has 0 saturated carbocycles. The number of nitrogens with zero attached hydrogens (tertiary/aromatic N) is 3. The molecule has 0 unspecified atom stereocenters. The van der Waals surface area contributed by atoms with Gasteiger partial charge in [0.25, 0.3) is 0 Å². The molecule has 0 amide bonds. The maximum Gasteiger partial charge on any atom is 0.227 e. The number of para-hydroxylation sites is 2. The number of rotatable bonds is 7. The maximum absolute atomic E-state index is 6.44. The van der Waals surface area contributed by atoms with Crippen molar-refractivity contribution >= 4 is 71.5 Å². The van der Waals surface area contributed by atoms with Gasteiger partial charge in [-0.25, -0.2) is 4.98 Å². The van der Waals surface area contributed by atoms with Gasteiger partial charge < -0.3 is 13.9 Å². The number of oxazole rings is 1. The van der Waals surface area contributed by atoms with Crippen LogP contribution in [0.1, 0.15) is 0 Å². The van der Waals surface area contributed by atoms with E-state index in [2.05, 4.69) is 198 Å². The lowest BCUT2D eigenvalue weighted by Crippen LogP contribution is -2.10. The number of fused-ring (bicyclic) bond motifs is 7. The fraction of sp³-hybridized carbons (Fsp3) is 0. The molecule has 0 radical (unpaired) electrons. The smallest absolute Gasteiger partial charge is 0.227 e. The summed E-state index contributed by atoms with van der Waals surface area (Å²) in [5, 5.41) is 7.39. The molecule has 0 N–H and O–H groups in total. The Morgan fingerprint density at radius 3 is 1.80 bits per heavy atom. The molecule has 0 aliphatic carbocycles. The van der Waals surface area contributed by atoms with Crippen molar-refractivity contribution in [3.8, 4) is 39.4 Å². The van der Waals surface area contributed by atoms with Crippen LogP contribution in [-0.2, 0) is 0 Å². The van der Waals surface area contributed by atoms with Crippen molar-refractivity contribution in [3.63, 3.8) is 0 Å². The second-order valence-corrected chi connectivity index (χ2v) is 15.6. The standard InChI is InChI=1S/C57H37N3O/c1-3-14-42(15-4-1)57-58-52-21-11-20-50(56(52)61-57)41-26-31-47(32-27-41)59(46-29-24-39(25-30-46)44-23-22-38-12-7-8-16-43(38)36-44)48-33-35-53-51(37-48)55-49-19-10-9-13-40(49)28-34-54(55)60(53)45-17-5-2-6-18-45/h1-37H. The molecule has 0 bridgehead atoms. The number of aromatic nitrogens is 2. The molecule has 61 heavy (non-hydrogen) atoms. The zero-order valence-electron chi connectivity index (χ0n) is 33.1. The average molecular weight is 780 g/mol. The highest BCUT2D eigenvalue weighted by Crippen LogP contribution is 2.43. The van der Waals surface area contributed by atoms with Crippen LogP contribution in [0.25, 0.3) is 93.8 Å². The summed E-state index contributed by atoms with van der Waals surface area (Å²) in [6.45, 7) is 0. The van der Waals surface area contributed by atoms with Crippen LogP contribution in [-0.4, -0.2) is 9.55 Å². The van der Waals surface area contributed by atoms with Crippen LogP contribution in [0.5, 0.6) is 0 Å². The van der Waals surface area contributed by atoms with Crippen LogP contribution in [0.15, 0.2) is 229 Å². The SMILES string of the molecule is c1ccc(-c2nc3cccc(-c4ccc(N(c5ccc(-c6ccc7ccccc7c6)cc5)c5ccc6c(c5)c5c7ccccc7ccc5n6-c5ccccc5)cc4)c3o2)cc1. The average Bonchev–Trinajstić information content (AvgIpc) is 3.93. The van der Waals surface area contributed by atoms with Gasteiger partial charge in [0, 0.05) is 44.6 Å². The Balaban J connectivity index is 1.02. The predicted molar refractivity (Wildman–Crippen MR) is 254 cm³/mol. The highest BCUT2D eigenvalue weighted by molar-refractivity contribution is 6.22. The van der Waals surface area contributed by atoms with Gasteiger partial charge in [0.1, 0.15) is 5.52 Å². The monoisotopic (exact) mass is 779 g/mol. The zero-order valence-corrected chi connectivity index (χ0v) is 33.1. The first-order valence-electron chi connectivity index (χ1n) is 20.7. The second-order valence-electron chi connectivity index (χ2n) is 15.6. The summed E-state index contributed by atoms with van der Waals surface area (Å²) in [6, 6.07) is 80.1. The molecule has 0 fully saturated rings. The summed E-state index contributed by atoms with van der Waals surface area (Å²) in [7, 11) is 0. The molecule has 12 rings (SSSR count). The van der Waals surface area contributed by atoms with Gasteiger partial charge in [0.2, 0.25) is 5.89 Å². The molecule has 10 aromatic carbocycles. The molecule has 0 aliphatic rings. The third-order valence-corrected chi connectivity index (χ3v) is 12.0. The molecule has 0 aliphatic heterocycles. The summed E-state index contributed by atoms with van der Waals surface area (Å²) in [5.41, 5.74) is 13.7. The quantitative estimate of drug-likeness (QED) is 0.162. The second kappa shape index (κ2) is 14.3. The third-order valence-electron chi connectivity index (χ3n) is 12.0. The minimum atomic E-state index is 0.620. The molecule has 0 atom stereocenters. The Morgan fingerprint density at radius 2 is 1.02 bits per heavy atom. The summed E-state index contributed by atoms with van der Waals surface area (Å²) in [5.74, 6) is 0.620. The Labute approximate surface area is 352 Å². The van der Waals surface area contributed by atoms with Crippen molar-refractivity contribution < 1.29 is 4.42 Å². The maximum atomic E-state index is 6.44. The van der Waals surface area contributed by atoms with Crippen LogP contribution in [0.2, 0.25) is 0 Å². The van der Waals surface area contributed by atoms with E-state index >= 15 is 0 Å². The molecular formula is C57H37N3O. The van der Waals surface area contributed by atoms with Gasteiger partial charge in [-0.2, -0.15) is 0 Å². The van der Waals surface area contributed by atoms with E-state index < -0.39 is 0 Å². The Bertz CT molecular complexity index is 3570. The van der Waals surface area contributed by atoms with E-state index in [4.69, 9.17) is 9.40 Å². The van der Waals surface area contributed by atoms with Crippen LogP contribution < -0.4 is 4.90 Å². The van der Waals surface area contributed by atoms with Gasteiger partial charge in [-0.1, -0.05) is 140 Å². The number of hydrogen-bond donors (Lipinski definition) is 0. The van der Waals surface area contributed by atoms with Gasteiger partial charge in [-0.3, -0.25) is 0 Å². The van der Waals surface area contributed by atoms with Crippen molar-refractivity contribution in [1.82, 2.24) is 9.55 Å². The number of hydrogen-bond acceptors (Lipinski definition) is 3. The molecule has 4 heteroatoms. The van der Waals surface area contributed by atoms with E-state index in [1.807, 2.05) is 36.4 Å². The number of benzene rings is 10. The molecule has 0 saturated heterocycles. The lowest BCUT2D eigenvalue weighted by molar-refractivity contribution is 0.621. The summed E-state index contributed by atoms with van der Waals surface area (Å²) in [4.78, 5) is 7.22. The lowest BCUT2D eigenvalue weighted by Gasteiger charge is -2.26. The molecule has 0 spiro atoms. The molecular weight excluding hydrogens is 743 g/mol. The van der Waals surface area contributed by atoms with Crippen molar-refractivity contribution in [2.45, 2.75) is 0 Å². The van der Waals surface area contributed by atoms with Crippen LogP contribution in [0, 0.1) is 0 Å². The van der Waals surface area contributed by atoms with Gasteiger partial charge in [0.15, 0.2) is 5.58 Å².